The summed E-state index contributed by atoms with van der Waals surface area (Å²) in [5, 5.41) is 10.8. The van der Waals surface area contributed by atoms with Gasteiger partial charge < -0.3 is 10.1 Å². The number of anilines is 1. The minimum atomic E-state index is -0.566. The standard InChI is InChI=1S/C16H21N5O3/c1-5-21-10-13(15(19-21)16(23)24-11(2)3)18-14(22)7-6-12-8-17-20(4)9-12/h6-11H,5H2,1-4H3,(H,18,22)/b7-6+. The van der Waals surface area contributed by atoms with Crippen LogP contribution in [0.1, 0.15) is 36.8 Å². The minimum Gasteiger partial charge on any atom is -0.458 e. The number of nitrogens with one attached hydrogen (secondary N) is 1. The van der Waals surface area contributed by atoms with Crippen molar-refractivity contribution < 1.29 is 14.3 Å². The van der Waals surface area contributed by atoms with E-state index >= 15 is 0 Å². The predicted molar refractivity (Wildman–Crippen MR) is 89.3 cm³/mol. The van der Waals surface area contributed by atoms with E-state index in [2.05, 4.69) is 15.5 Å². The topological polar surface area (TPSA) is 91.0 Å². The Morgan fingerprint density at radius 1 is 1.38 bits per heavy atom. The molecule has 0 bridgehead atoms. The highest BCUT2D eigenvalue weighted by Gasteiger charge is 2.20. The van der Waals surface area contributed by atoms with Crippen LogP contribution in [-0.4, -0.2) is 37.5 Å². The first-order valence-electron chi connectivity index (χ1n) is 7.65. The third-order valence-corrected chi connectivity index (χ3v) is 3.03. The van der Waals surface area contributed by atoms with Crippen LogP contribution in [0.5, 0.6) is 0 Å². The highest BCUT2D eigenvalue weighted by molar-refractivity contribution is 6.05. The van der Waals surface area contributed by atoms with Gasteiger partial charge in [-0.3, -0.25) is 14.2 Å². The molecular weight excluding hydrogens is 310 g/mol. The lowest BCUT2D eigenvalue weighted by atomic mass is 10.3. The Labute approximate surface area is 140 Å². The fourth-order valence-electron chi connectivity index (χ4n) is 1.97. The largest absolute Gasteiger partial charge is 0.458 e. The van der Waals surface area contributed by atoms with Gasteiger partial charge in [0.15, 0.2) is 5.69 Å². The molecule has 8 nitrogen and oxygen atoms in total. The van der Waals surface area contributed by atoms with Gasteiger partial charge in [0.1, 0.15) is 0 Å². The molecule has 0 saturated heterocycles. The van der Waals surface area contributed by atoms with Crippen LogP contribution in [0.25, 0.3) is 6.08 Å². The molecule has 0 saturated carbocycles. The van der Waals surface area contributed by atoms with Crippen LogP contribution in [0.2, 0.25) is 0 Å². The lowest BCUT2D eigenvalue weighted by Gasteiger charge is -2.07. The van der Waals surface area contributed by atoms with Crippen LogP contribution >= 0.6 is 0 Å². The van der Waals surface area contributed by atoms with E-state index in [1.807, 2.05) is 6.92 Å². The molecule has 128 valence electrons. The highest BCUT2D eigenvalue weighted by atomic mass is 16.5. The maximum absolute atomic E-state index is 12.1. The fraction of sp³-hybridized carbons (Fsp3) is 0.375. The summed E-state index contributed by atoms with van der Waals surface area (Å²) >= 11 is 0. The molecule has 1 amide bonds. The molecule has 24 heavy (non-hydrogen) atoms. The zero-order chi connectivity index (χ0) is 17.7. The van der Waals surface area contributed by atoms with Crippen molar-refractivity contribution in [3.63, 3.8) is 0 Å². The maximum Gasteiger partial charge on any atom is 0.361 e. The predicted octanol–water partition coefficient (Wildman–Crippen LogP) is 1.85. The van der Waals surface area contributed by atoms with Crippen molar-refractivity contribution in [1.82, 2.24) is 19.6 Å². The Bertz CT molecular complexity index is 758. The van der Waals surface area contributed by atoms with Gasteiger partial charge in [0.2, 0.25) is 5.91 Å². The van der Waals surface area contributed by atoms with Crippen molar-refractivity contribution in [2.24, 2.45) is 7.05 Å². The van der Waals surface area contributed by atoms with E-state index in [-0.39, 0.29) is 17.7 Å². The Morgan fingerprint density at radius 3 is 2.71 bits per heavy atom. The Hall–Kier alpha value is -2.90. The van der Waals surface area contributed by atoms with E-state index in [1.165, 1.54) is 6.08 Å². The number of aromatic nitrogens is 4. The third kappa shape index (κ3) is 4.55. The number of esters is 1. The second kappa shape index (κ2) is 7.58. The summed E-state index contributed by atoms with van der Waals surface area (Å²) in [5.74, 6) is -0.933. The van der Waals surface area contributed by atoms with Gasteiger partial charge in [0, 0.05) is 37.6 Å². The van der Waals surface area contributed by atoms with E-state index in [4.69, 9.17) is 4.74 Å². The summed E-state index contributed by atoms with van der Waals surface area (Å²) in [6.07, 6.45) is 7.77. The second-order valence-electron chi connectivity index (χ2n) is 5.47. The summed E-state index contributed by atoms with van der Waals surface area (Å²) in [6, 6.07) is 0. The number of carbonyl (C=O) groups excluding carboxylic acids is 2. The number of amides is 1. The first-order chi connectivity index (χ1) is 11.4. The van der Waals surface area contributed by atoms with Crippen LogP contribution < -0.4 is 5.32 Å². The van der Waals surface area contributed by atoms with E-state index in [0.717, 1.165) is 5.56 Å². The van der Waals surface area contributed by atoms with Gasteiger partial charge in [-0.1, -0.05) is 0 Å². The Balaban J connectivity index is 2.12. The van der Waals surface area contributed by atoms with Gasteiger partial charge in [-0.05, 0) is 26.8 Å². The summed E-state index contributed by atoms with van der Waals surface area (Å²) in [7, 11) is 1.79. The first kappa shape index (κ1) is 17.5. The molecule has 8 heteroatoms. The maximum atomic E-state index is 12.1. The normalized spacial score (nSPS) is 11.2. The molecule has 2 aromatic rings. The van der Waals surface area contributed by atoms with Crippen LogP contribution in [0.15, 0.2) is 24.7 Å². The van der Waals surface area contributed by atoms with Crippen LogP contribution in [-0.2, 0) is 23.1 Å². The minimum absolute atomic E-state index is 0.0914. The summed E-state index contributed by atoms with van der Waals surface area (Å²) < 4.78 is 8.36. The fourth-order valence-corrected chi connectivity index (χ4v) is 1.97. The quantitative estimate of drug-likeness (QED) is 0.644. The van der Waals surface area contributed by atoms with Gasteiger partial charge >= 0.3 is 5.97 Å². The van der Waals surface area contributed by atoms with E-state index in [9.17, 15) is 9.59 Å². The van der Waals surface area contributed by atoms with Crippen LogP contribution in [0.4, 0.5) is 5.69 Å². The molecule has 0 aliphatic rings. The summed E-state index contributed by atoms with van der Waals surface area (Å²) in [4.78, 5) is 24.2. The third-order valence-electron chi connectivity index (χ3n) is 3.03. The van der Waals surface area contributed by atoms with Crippen LogP contribution in [0.3, 0.4) is 0 Å². The van der Waals surface area contributed by atoms with E-state index in [1.54, 1.807) is 54.9 Å². The molecule has 2 rings (SSSR count). The first-order valence-corrected chi connectivity index (χ1v) is 7.65. The van der Waals surface area contributed by atoms with Crippen molar-refractivity contribution in [2.45, 2.75) is 33.4 Å². The molecule has 1 N–H and O–H groups in total. The highest BCUT2D eigenvalue weighted by Crippen LogP contribution is 2.16. The Morgan fingerprint density at radius 2 is 2.12 bits per heavy atom. The molecule has 2 aromatic heterocycles. The van der Waals surface area contributed by atoms with Gasteiger partial charge in [-0.25, -0.2) is 4.79 Å². The number of aryl methyl sites for hydroxylation is 2. The molecule has 0 aliphatic heterocycles. The lowest BCUT2D eigenvalue weighted by Crippen LogP contribution is -2.16. The van der Waals surface area contributed by atoms with E-state index in [0.29, 0.717) is 12.2 Å². The number of hydrogen-bond donors (Lipinski definition) is 1. The zero-order valence-corrected chi connectivity index (χ0v) is 14.2. The average molecular weight is 331 g/mol. The van der Waals surface area contributed by atoms with Gasteiger partial charge in [-0.15, -0.1) is 0 Å². The molecule has 0 aromatic carbocycles. The molecule has 0 unspecified atom stereocenters. The lowest BCUT2D eigenvalue weighted by molar-refractivity contribution is -0.111. The second-order valence-corrected chi connectivity index (χ2v) is 5.47. The number of carbonyl (C=O) groups is 2. The van der Waals surface area contributed by atoms with Crippen molar-refractivity contribution in [2.75, 3.05) is 5.32 Å². The molecule has 0 aliphatic carbocycles. The molecule has 0 fully saturated rings. The van der Waals surface area contributed by atoms with Crippen molar-refractivity contribution in [3.05, 3.63) is 35.9 Å². The van der Waals surface area contributed by atoms with Gasteiger partial charge in [0.05, 0.1) is 18.0 Å². The molecule has 0 atom stereocenters. The number of ether oxygens (including phenoxy) is 1. The Kier molecular flexibility index (Phi) is 5.51. The smallest absolute Gasteiger partial charge is 0.361 e. The monoisotopic (exact) mass is 331 g/mol. The summed E-state index contributed by atoms with van der Waals surface area (Å²) in [5.41, 5.74) is 1.22. The van der Waals surface area contributed by atoms with Gasteiger partial charge in [0.25, 0.3) is 0 Å². The number of hydrogen-bond acceptors (Lipinski definition) is 5. The average Bonchev–Trinajstić information content (AvgIpc) is 3.10. The number of rotatable bonds is 6. The van der Waals surface area contributed by atoms with Gasteiger partial charge in [-0.2, -0.15) is 10.2 Å². The summed E-state index contributed by atoms with van der Waals surface area (Å²) in [6.45, 7) is 5.97. The van der Waals surface area contributed by atoms with Crippen LogP contribution in [0, 0.1) is 0 Å². The van der Waals surface area contributed by atoms with Crippen molar-refractivity contribution >= 4 is 23.6 Å². The van der Waals surface area contributed by atoms with Crippen molar-refractivity contribution in [3.8, 4) is 0 Å². The molecular formula is C16H21N5O3. The van der Waals surface area contributed by atoms with E-state index < -0.39 is 5.97 Å². The number of nitrogens with zero attached hydrogens (tertiary/aromatic N) is 4. The zero-order valence-electron chi connectivity index (χ0n) is 14.2. The van der Waals surface area contributed by atoms with Crippen molar-refractivity contribution in [1.29, 1.82) is 0 Å². The molecule has 0 radical (unpaired) electrons. The molecule has 0 spiro atoms. The SMILES string of the molecule is CCn1cc(NC(=O)/C=C/c2cnn(C)c2)c(C(=O)OC(C)C)n1. The molecule has 2 heterocycles.